The van der Waals surface area contributed by atoms with Crippen LogP contribution in [-0.2, 0) is 6.54 Å². The molecule has 20 heavy (non-hydrogen) atoms. The first-order chi connectivity index (χ1) is 9.63. The highest BCUT2D eigenvalue weighted by Crippen LogP contribution is 2.17. The highest BCUT2D eigenvalue weighted by Gasteiger charge is 2.08. The Morgan fingerprint density at radius 2 is 1.95 bits per heavy atom. The maximum absolute atomic E-state index is 12.9. The number of carbonyl (C=O) groups is 1. The standard InChI is InChI=1S/C15H11FN2O2/c16-12-4-1-10(2-5-12)8-18-9-17-13-6-3-11(15(19)20)7-14(13)18/h1-7,9H,8H2,(H,19,20). The first-order valence-electron chi connectivity index (χ1n) is 6.06. The van der Waals surface area contributed by atoms with Crippen LogP contribution in [0, 0.1) is 5.82 Å². The van der Waals surface area contributed by atoms with Crippen LogP contribution in [0.25, 0.3) is 11.0 Å². The normalized spacial score (nSPS) is 10.8. The fourth-order valence-corrected chi connectivity index (χ4v) is 2.10. The van der Waals surface area contributed by atoms with Gasteiger partial charge in [-0.15, -0.1) is 0 Å². The van der Waals surface area contributed by atoms with E-state index < -0.39 is 5.97 Å². The summed E-state index contributed by atoms with van der Waals surface area (Å²) in [7, 11) is 0. The van der Waals surface area contributed by atoms with E-state index in [2.05, 4.69) is 4.98 Å². The number of aromatic carboxylic acids is 1. The van der Waals surface area contributed by atoms with Gasteiger partial charge in [0, 0.05) is 6.54 Å². The van der Waals surface area contributed by atoms with Crippen molar-refractivity contribution in [2.24, 2.45) is 0 Å². The van der Waals surface area contributed by atoms with Crippen LogP contribution in [0.15, 0.2) is 48.8 Å². The summed E-state index contributed by atoms with van der Waals surface area (Å²) < 4.78 is 14.7. The van der Waals surface area contributed by atoms with E-state index in [4.69, 9.17) is 5.11 Å². The topological polar surface area (TPSA) is 55.1 Å². The maximum atomic E-state index is 12.9. The highest BCUT2D eigenvalue weighted by molar-refractivity contribution is 5.92. The van der Waals surface area contributed by atoms with E-state index in [9.17, 15) is 9.18 Å². The summed E-state index contributed by atoms with van der Waals surface area (Å²) in [5, 5.41) is 9.02. The van der Waals surface area contributed by atoms with Crippen molar-refractivity contribution < 1.29 is 14.3 Å². The van der Waals surface area contributed by atoms with Crippen LogP contribution in [0.1, 0.15) is 15.9 Å². The van der Waals surface area contributed by atoms with Crippen molar-refractivity contribution in [1.82, 2.24) is 9.55 Å². The molecule has 4 nitrogen and oxygen atoms in total. The Labute approximate surface area is 114 Å². The average Bonchev–Trinajstić information content (AvgIpc) is 2.84. The third-order valence-corrected chi connectivity index (χ3v) is 3.13. The third-order valence-electron chi connectivity index (χ3n) is 3.13. The number of aromatic nitrogens is 2. The van der Waals surface area contributed by atoms with Crippen LogP contribution < -0.4 is 0 Å². The molecular weight excluding hydrogens is 259 g/mol. The van der Waals surface area contributed by atoms with Crippen molar-refractivity contribution in [2.75, 3.05) is 0 Å². The van der Waals surface area contributed by atoms with Gasteiger partial charge in [-0.25, -0.2) is 14.2 Å². The summed E-state index contributed by atoms with van der Waals surface area (Å²) in [6, 6.07) is 11.0. The third kappa shape index (κ3) is 2.25. The molecule has 0 saturated heterocycles. The Kier molecular flexibility index (Phi) is 2.95. The van der Waals surface area contributed by atoms with E-state index >= 15 is 0 Å². The zero-order chi connectivity index (χ0) is 14.1. The van der Waals surface area contributed by atoms with Crippen molar-refractivity contribution in [2.45, 2.75) is 6.54 Å². The Bertz CT molecular complexity index is 778. The maximum Gasteiger partial charge on any atom is 0.335 e. The van der Waals surface area contributed by atoms with Gasteiger partial charge < -0.3 is 9.67 Å². The van der Waals surface area contributed by atoms with Crippen molar-refractivity contribution in [3.8, 4) is 0 Å². The predicted molar refractivity (Wildman–Crippen MR) is 72.2 cm³/mol. The fourth-order valence-electron chi connectivity index (χ4n) is 2.10. The van der Waals surface area contributed by atoms with E-state index in [0.29, 0.717) is 6.54 Å². The molecule has 0 aliphatic heterocycles. The molecule has 1 heterocycles. The summed E-state index contributed by atoms with van der Waals surface area (Å²) in [6.45, 7) is 0.514. The number of fused-ring (bicyclic) bond motifs is 1. The second-order valence-electron chi connectivity index (χ2n) is 4.51. The number of carboxylic acids is 1. The molecule has 0 radical (unpaired) electrons. The van der Waals surface area contributed by atoms with Crippen molar-refractivity contribution in [1.29, 1.82) is 0 Å². The number of hydrogen-bond acceptors (Lipinski definition) is 2. The molecule has 100 valence electrons. The molecular formula is C15H11FN2O2. The molecule has 0 saturated carbocycles. The van der Waals surface area contributed by atoms with Crippen molar-refractivity contribution in [3.63, 3.8) is 0 Å². The van der Waals surface area contributed by atoms with E-state index in [1.165, 1.54) is 18.2 Å². The Morgan fingerprint density at radius 3 is 2.65 bits per heavy atom. The number of hydrogen-bond donors (Lipinski definition) is 1. The summed E-state index contributed by atoms with van der Waals surface area (Å²) in [4.78, 5) is 15.2. The van der Waals surface area contributed by atoms with E-state index in [1.54, 1.807) is 30.6 Å². The SMILES string of the molecule is O=C(O)c1ccc2ncn(Cc3ccc(F)cc3)c2c1. The van der Waals surface area contributed by atoms with Crippen molar-refractivity contribution in [3.05, 3.63) is 65.7 Å². The quantitative estimate of drug-likeness (QED) is 0.796. The molecule has 2 aromatic carbocycles. The van der Waals surface area contributed by atoms with Crippen LogP contribution in [-0.4, -0.2) is 20.6 Å². The fraction of sp³-hybridized carbons (Fsp3) is 0.0667. The van der Waals surface area contributed by atoms with E-state index in [0.717, 1.165) is 16.6 Å². The molecule has 5 heteroatoms. The first-order valence-corrected chi connectivity index (χ1v) is 6.06. The van der Waals surface area contributed by atoms with Gasteiger partial charge in [-0.3, -0.25) is 0 Å². The molecule has 0 amide bonds. The Hall–Kier alpha value is -2.69. The van der Waals surface area contributed by atoms with Gasteiger partial charge in [0.25, 0.3) is 0 Å². The Morgan fingerprint density at radius 1 is 1.20 bits per heavy atom. The number of halogens is 1. The molecule has 0 atom stereocenters. The molecule has 0 aliphatic rings. The van der Waals surface area contributed by atoms with Gasteiger partial charge in [0.1, 0.15) is 5.82 Å². The van der Waals surface area contributed by atoms with E-state index in [-0.39, 0.29) is 11.4 Å². The second kappa shape index (κ2) is 4.77. The lowest BCUT2D eigenvalue weighted by atomic mass is 10.2. The summed E-state index contributed by atoms with van der Waals surface area (Å²) in [5.41, 5.74) is 2.62. The smallest absolute Gasteiger partial charge is 0.335 e. The minimum absolute atomic E-state index is 0.221. The van der Waals surface area contributed by atoms with Gasteiger partial charge in [-0.05, 0) is 35.9 Å². The van der Waals surface area contributed by atoms with Gasteiger partial charge in [-0.1, -0.05) is 12.1 Å². The second-order valence-corrected chi connectivity index (χ2v) is 4.51. The minimum Gasteiger partial charge on any atom is -0.478 e. The summed E-state index contributed by atoms with van der Waals surface area (Å²) in [6.07, 6.45) is 1.65. The molecule has 0 unspecified atom stereocenters. The lowest BCUT2D eigenvalue weighted by Crippen LogP contribution is -2.00. The number of nitrogens with zero attached hydrogens (tertiary/aromatic N) is 2. The lowest BCUT2D eigenvalue weighted by molar-refractivity contribution is 0.0697. The molecule has 0 spiro atoms. The lowest BCUT2D eigenvalue weighted by Gasteiger charge is -2.05. The molecule has 0 fully saturated rings. The summed E-state index contributed by atoms with van der Waals surface area (Å²) in [5.74, 6) is -1.25. The van der Waals surface area contributed by atoms with Gasteiger partial charge in [0.2, 0.25) is 0 Å². The monoisotopic (exact) mass is 270 g/mol. The molecule has 3 rings (SSSR count). The van der Waals surface area contributed by atoms with Crippen LogP contribution >= 0.6 is 0 Å². The van der Waals surface area contributed by atoms with Crippen LogP contribution in [0.3, 0.4) is 0 Å². The average molecular weight is 270 g/mol. The van der Waals surface area contributed by atoms with Gasteiger partial charge in [-0.2, -0.15) is 0 Å². The molecule has 1 aromatic heterocycles. The zero-order valence-electron chi connectivity index (χ0n) is 10.5. The number of rotatable bonds is 3. The molecule has 3 aromatic rings. The first kappa shape index (κ1) is 12.3. The van der Waals surface area contributed by atoms with Gasteiger partial charge in [0.15, 0.2) is 0 Å². The van der Waals surface area contributed by atoms with Gasteiger partial charge >= 0.3 is 5.97 Å². The molecule has 0 bridgehead atoms. The number of imidazole rings is 1. The molecule has 0 aliphatic carbocycles. The minimum atomic E-state index is -0.971. The molecule has 1 N–H and O–H groups in total. The van der Waals surface area contributed by atoms with Gasteiger partial charge in [0.05, 0.1) is 22.9 Å². The Balaban J connectivity index is 2.00. The van der Waals surface area contributed by atoms with Crippen LogP contribution in [0.5, 0.6) is 0 Å². The van der Waals surface area contributed by atoms with Crippen molar-refractivity contribution >= 4 is 17.0 Å². The van der Waals surface area contributed by atoms with Crippen LogP contribution in [0.2, 0.25) is 0 Å². The van der Waals surface area contributed by atoms with Crippen LogP contribution in [0.4, 0.5) is 4.39 Å². The summed E-state index contributed by atoms with van der Waals surface area (Å²) >= 11 is 0. The number of carboxylic acid groups (broad SMARTS) is 1. The number of benzene rings is 2. The largest absolute Gasteiger partial charge is 0.478 e. The highest BCUT2D eigenvalue weighted by atomic mass is 19.1. The zero-order valence-corrected chi connectivity index (χ0v) is 10.5. The predicted octanol–water partition coefficient (Wildman–Crippen LogP) is 2.92. The van der Waals surface area contributed by atoms with E-state index in [1.807, 2.05) is 4.57 Å².